The van der Waals surface area contributed by atoms with E-state index in [9.17, 15) is 0 Å². The van der Waals surface area contributed by atoms with E-state index in [-0.39, 0.29) is 0 Å². The van der Waals surface area contributed by atoms with Crippen molar-refractivity contribution in [1.82, 2.24) is 9.97 Å². The van der Waals surface area contributed by atoms with Crippen LogP contribution >= 0.6 is 0 Å². The number of hydrogen-bond donors (Lipinski definition) is 0. The molecule has 0 saturated heterocycles. The van der Waals surface area contributed by atoms with Crippen LogP contribution < -0.4 is 0 Å². The van der Waals surface area contributed by atoms with Crippen molar-refractivity contribution in [1.29, 1.82) is 0 Å². The van der Waals surface area contributed by atoms with Gasteiger partial charge in [0.2, 0.25) is 0 Å². The number of aromatic nitrogens is 2. The molecule has 0 N–H and O–H groups in total. The zero-order valence-corrected chi connectivity index (χ0v) is 8.27. The van der Waals surface area contributed by atoms with Crippen LogP contribution in [0.4, 0.5) is 0 Å². The molecule has 14 heavy (non-hydrogen) atoms. The van der Waals surface area contributed by atoms with Gasteiger partial charge in [-0.15, -0.1) is 0 Å². The fourth-order valence-electron chi connectivity index (χ4n) is 1.20. The highest BCUT2D eigenvalue weighted by Crippen LogP contribution is 2.22. The maximum absolute atomic E-state index is 5.58. The van der Waals surface area contributed by atoms with Crippen LogP contribution in [0.5, 0.6) is 0 Å². The summed E-state index contributed by atoms with van der Waals surface area (Å²) >= 11 is 0. The smallest absolute Gasteiger partial charge is 0.197 e. The van der Waals surface area contributed by atoms with Gasteiger partial charge in [0.05, 0.1) is 6.20 Å². The molecular formula is C11H12N2O. The lowest BCUT2D eigenvalue weighted by atomic mass is 10.2. The van der Waals surface area contributed by atoms with Crippen molar-refractivity contribution in [2.45, 2.75) is 19.8 Å². The molecule has 2 rings (SSSR count). The van der Waals surface area contributed by atoms with Gasteiger partial charge in [-0.25, -0.2) is 4.98 Å². The van der Waals surface area contributed by atoms with Gasteiger partial charge in [0.15, 0.2) is 11.7 Å². The van der Waals surface area contributed by atoms with E-state index in [0.29, 0.717) is 5.92 Å². The lowest BCUT2D eigenvalue weighted by molar-refractivity contribution is 0.481. The molecule has 0 radical (unpaired) electrons. The van der Waals surface area contributed by atoms with E-state index < -0.39 is 0 Å². The molecule has 2 aromatic heterocycles. The summed E-state index contributed by atoms with van der Waals surface area (Å²) in [7, 11) is 0. The van der Waals surface area contributed by atoms with E-state index >= 15 is 0 Å². The van der Waals surface area contributed by atoms with Crippen molar-refractivity contribution >= 4 is 0 Å². The molecule has 3 nitrogen and oxygen atoms in total. The summed E-state index contributed by atoms with van der Waals surface area (Å²) in [6.45, 7) is 4.11. The van der Waals surface area contributed by atoms with Crippen LogP contribution in [-0.4, -0.2) is 9.97 Å². The minimum Gasteiger partial charge on any atom is -0.440 e. The Hall–Kier alpha value is -1.64. The molecule has 0 fully saturated rings. The van der Waals surface area contributed by atoms with Crippen LogP contribution in [0.15, 0.2) is 35.1 Å². The van der Waals surface area contributed by atoms with Crippen molar-refractivity contribution < 1.29 is 4.42 Å². The first-order valence-electron chi connectivity index (χ1n) is 4.63. The molecule has 2 heterocycles. The monoisotopic (exact) mass is 188 g/mol. The first kappa shape index (κ1) is 8.94. The maximum Gasteiger partial charge on any atom is 0.197 e. The van der Waals surface area contributed by atoms with Gasteiger partial charge in [-0.3, -0.25) is 4.98 Å². The van der Waals surface area contributed by atoms with Gasteiger partial charge in [0.1, 0.15) is 0 Å². The van der Waals surface area contributed by atoms with Gasteiger partial charge < -0.3 is 4.42 Å². The lowest BCUT2D eigenvalue weighted by Crippen LogP contribution is -1.84. The summed E-state index contributed by atoms with van der Waals surface area (Å²) in [5.41, 5.74) is 0.965. The first-order valence-corrected chi connectivity index (χ1v) is 4.63. The second-order valence-corrected chi connectivity index (χ2v) is 3.46. The molecule has 0 aliphatic rings. The summed E-state index contributed by atoms with van der Waals surface area (Å²) < 4.78 is 5.58. The van der Waals surface area contributed by atoms with Crippen LogP contribution in [0, 0.1) is 0 Å². The Morgan fingerprint density at radius 2 is 2.14 bits per heavy atom. The molecule has 72 valence electrons. The van der Waals surface area contributed by atoms with Gasteiger partial charge in [-0.1, -0.05) is 13.8 Å². The molecule has 0 bridgehead atoms. The van der Waals surface area contributed by atoms with E-state index in [2.05, 4.69) is 23.8 Å². The highest BCUT2D eigenvalue weighted by atomic mass is 16.4. The number of hydrogen-bond acceptors (Lipinski definition) is 3. The fourth-order valence-corrected chi connectivity index (χ4v) is 1.20. The molecule has 0 amide bonds. The molecule has 0 unspecified atom stereocenters. The van der Waals surface area contributed by atoms with Gasteiger partial charge in [-0.2, -0.15) is 0 Å². The van der Waals surface area contributed by atoms with Gasteiger partial charge >= 0.3 is 0 Å². The van der Waals surface area contributed by atoms with Crippen molar-refractivity contribution in [3.05, 3.63) is 36.6 Å². The van der Waals surface area contributed by atoms with Crippen LogP contribution in [-0.2, 0) is 0 Å². The molecule has 0 aromatic carbocycles. The normalized spacial score (nSPS) is 10.8. The predicted octanol–water partition coefficient (Wildman–Crippen LogP) is 2.86. The zero-order valence-electron chi connectivity index (χ0n) is 8.27. The summed E-state index contributed by atoms with van der Waals surface area (Å²) in [4.78, 5) is 8.23. The number of nitrogens with zero attached hydrogens (tertiary/aromatic N) is 2. The van der Waals surface area contributed by atoms with Crippen molar-refractivity contribution in [2.75, 3.05) is 0 Å². The van der Waals surface area contributed by atoms with E-state index in [1.54, 1.807) is 18.6 Å². The largest absolute Gasteiger partial charge is 0.440 e. The fraction of sp³-hybridized carbons (Fsp3) is 0.273. The van der Waals surface area contributed by atoms with Gasteiger partial charge in [0.25, 0.3) is 0 Å². The Kier molecular flexibility index (Phi) is 2.31. The number of rotatable bonds is 2. The minimum absolute atomic E-state index is 0.320. The standard InChI is InChI=1S/C11H12N2O/c1-8(2)11-13-7-10(14-11)9-4-3-5-12-6-9/h3-8H,1-2H3. The Morgan fingerprint density at radius 1 is 1.29 bits per heavy atom. The Morgan fingerprint density at radius 3 is 2.71 bits per heavy atom. The summed E-state index contributed by atoms with van der Waals surface area (Å²) in [5, 5.41) is 0. The van der Waals surface area contributed by atoms with Crippen LogP contribution in [0.25, 0.3) is 11.3 Å². The number of oxazole rings is 1. The van der Waals surface area contributed by atoms with E-state index in [4.69, 9.17) is 4.42 Å². The quantitative estimate of drug-likeness (QED) is 0.727. The molecule has 0 spiro atoms. The van der Waals surface area contributed by atoms with E-state index in [1.807, 2.05) is 12.1 Å². The molecule has 2 aromatic rings. The lowest BCUT2D eigenvalue weighted by Gasteiger charge is -1.96. The molecule has 3 heteroatoms. The Labute approximate surface area is 82.8 Å². The van der Waals surface area contributed by atoms with Crippen LogP contribution in [0.3, 0.4) is 0 Å². The number of pyridine rings is 1. The van der Waals surface area contributed by atoms with Crippen molar-refractivity contribution in [3.8, 4) is 11.3 Å². The van der Waals surface area contributed by atoms with Gasteiger partial charge in [-0.05, 0) is 12.1 Å². The second kappa shape index (κ2) is 3.62. The summed E-state index contributed by atoms with van der Waals surface area (Å²) in [6, 6.07) is 3.84. The minimum atomic E-state index is 0.320. The average molecular weight is 188 g/mol. The molecule has 0 saturated carbocycles. The summed E-state index contributed by atoms with van der Waals surface area (Å²) in [5.74, 6) is 1.87. The van der Waals surface area contributed by atoms with E-state index in [1.165, 1.54) is 0 Å². The molecule has 0 atom stereocenters. The van der Waals surface area contributed by atoms with Gasteiger partial charge in [0, 0.05) is 23.9 Å². The Bertz CT molecular complexity index is 406. The second-order valence-electron chi connectivity index (χ2n) is 3.46. The highest BCUT2D eigenvalue weighted by molar-refractivity contribution is 5.54. The molecular weight excluding hydrogens is 176 g/mol. The Balaban J connectivity index is 2.34. The highest BCUT2D eigenvalue weighted by Gasteiger charge is 2.08. The first-order chi connectivity index (χ1) is 6.77. The van der Waals surface area contributed by atoms with Crippen LogP contribution in [0.2, 0.25) is 0 Å². The average Bonchev–Trinajstić information content (AvgIpc) is 2.68. The third kappa shape index (κ3) is 1.66. The zero-order chi connectivity index (χ0) is 9.97. The SMILES string of the molecule is CC(C)c1ncc(-c2cccnc2)o1. The third-order valence-corrected chi connectivity index (χ3v) is 1.96. The van der Waals surface area contributed by atoms with Crippen molar-refractivity contribution in [2.24, 2.45) is 0 Å². The van der Waals surface area contributed by atoms with Crippen molar-refractivity contribution in [3.63, 3.8) is 0 Å². The summed E-state index contributed by atoms with van der Waals surface area (Å²) in [6.07, 6.45) is 5.25. The maximum atomic E-state index is 5.58. The topological polar surface area (TPSA) is 38.9 Å². The molecule has 0 aliphatic carbocycles. The predicted molar refractivity (Wildman–Crippen MR) is 53.8 cm³/mol. The van der Waals surface area contributed by atoms with Crippen LogP contribution in [0.1, 0.15) is 25.7 Å². The van der Waals surface area contributed by atoms with E-state index in [0.717, 1.165) is 17.2 Å². The molecule has 0 aliphatic heterocycles. The third-order valence-electron chi connectivity index (χ3n) is 1.96.